The Morgan fingerprint density at radius 3 is 2.94 bits per heavy atom. The van der Waals surface area contributed by atoms with Crippen molar-refractivity contribution < 1.29 is 5.21 Å². The van der Waals surface area contributed by atoms with Gasteiger partial charge in [-0.1, -0.05) is 11.2 Å². The average molecular weight is 219 g/mol. The minimum Gasteiger partial charge on any atom is -0.409 e. The van der Waals surface area contributed by atoms with Crippen LogP contribution in [0.4, 0.5) is 0 Å². The van der Waals surface area contributed by atoms with Gasteiger partial charge in [0.1, 0.15) is 12.0 Å². The summed E-state index contributed by atoms with van der Waals surface area (Å²) in [6, 6.07) is 3.47. The van der Waals surface area contributed by atoms with Gasteiger partial charge < -0.3 is 10.9 Å². The molecule has 0 atom stereocenters. The fraction of sp³-hybridized carbons (Fsp3) is 0.125. The van der Waals surface area contributed by atoms with Crippen LogP contribution in [0.1, 0.15) is 11.3 Å². The highest BCUT2D eigenvalue weighted by Crippen LogP contribution is 2.01. The van der Waals surface area contributed by atoms with Crippen molar-refractivity contribution >= 4 is 5.84 Å². The molecule has 3 N–H and O–H groups in total. The maximum Gasteiger partial charge on any atom is 0.188 e. The van der Waals surface area contributed by atoms with E-state index in [1.165, 1.54) is 6.33 Å². The molecule has 0 radical (unpaired) electrons. The lowest BCUT2D eigenvalue weighted by molar-refractivity contribution is 0.318. The summed E-state index contributed by atoms with van der Waals surface area (Å²) in [6.45, 7) is 0.524. The molecular weight excluding hydrogens is 210 g/mol. The van der Waals surface area contributed by atoms with Crippen LogP contribution < -0.4 is 5.73 Å². The van der Waals surface area contributed by atoms with Crippen molar-refractivity contribution in [2.24, 2.45) is 10.9 Å². The van der Waals surface area contributed by atoms with E-state index in [0.717, 1.165) is 5.56 Å². The predicted molar refractivity (Wildman–Crippen MR) is 53.7 cm³/mol. The van der Waals surface area contributed by atoms with Crippen LogP contribution >= 0.6 is 0 Å². The second-order valence-electron chi connectivity index (χ2n) is 3.04. The van der Waals surface area contributed by atoms with E-state index in [1.54, 1.807) is 16.9 Å². The highest BCUT2D eigenvalue weighted by atomic mass is 16.4. The molecule has 2 heterocycles. The lowest BCUT2D eigenvalue weighted by atomic mass is 10.2. The van der Waals surface area contributed by atoms with Gasteiger partial charge in [0, 0.05) is 6.20 Å². The van der Waals surface area contributed by atoms with Gasteiger partial charge in [0.25, 0.3) is 0 Å². The number of hydrogen-bond donors (Lipinski definition) is 2. The predicted octanol–water partition coefficient (Wildman–Crippen LogP) is -0.789. The van der Waals surface area contributed by atoms with Gasteiger partial charge in [-0.2, -0.15) is 0 Å². The first-order valence-corrected chi connectivity index (χ1v) is 4.43. The molecule has 0 amide bonds. The van der Waals surface area contributed by atoms with Crippen molar-refractivity contribution in [2.75, 3.05) is 0 Å². The SMILES string of the molecule is NC(=NO)c1ccc(Cn2cnnn2)cn1. The van der Waals surface area contributed by atoms with E-state index < -0.39 is 0 Å². The number of nitrogens with two attached hydrogens (primary N) is 1. The molecule has 0 aliphatic carbocycles. The monoisotopic (exact) mass is 219 g/mol. The van der Waals surface area contributed by atoms with Crippen molar-refractivity contribution in [2.45, 2.75) is 6.54 Å². The summed E-state index contributed by atoms with van der Waals surface area (Å²) in [5.74, 6) is -0.0195. The number of rotatable bonds is 3. The van der Waals surface area contributed by atoms with Crippen LogP contribution in [0.3, 0.4) is 0 Å². The number of amidine groups is 1. The van der Waals surface area contributed by atoms with Crippen molar-refractivity contribution in [3.63, 3.8) is 0 Å². The van der Waals surface area contributed by atoms with Gasteiger partial charge in [-0.05, 0) is 22.1 Å². The first-order valence-electron chi connectivity index (χ1n) is 4.43. The minimum atomic E-state index is -0.0195. The smallest absolute Gasteiger partial charge is 0.188 e. The summed E-state index contributed by atoms with van der Waals surface area (Å²) < 4.78 is 1.57. The normalized spacial score (nSPS) is 11.6. The van der Waals surface area contributed by atoms with Crippen molar-refractivity contribution in [1.29, 1.82) is 0 Å². The first kappa shape index (κ1) is 10.0. The number of tetrazole rings is 1. The van der Waals surface area contributed by atoms with Crippen molar-refractivity contribution in [3.05, 3.63) is 35.9 Å². The molecular formula is C8H9N7O. The molecule has 0 spiro atoms. The van der Waals surface area contributed by atoms with Crippen LogP contribution in [0.25, 0.3) is 0 Å². The molecule has 0 saturated heterocycles. The van der Waals surface area contributed by atoms with Gasteiger partial charge in [-0.3, -0.25) is 4.98 Å². The fourth-order valence-corrected chi connectivity index (χ4v) is 1.16. The Morgan fingerprint density at radius 2 is 2.38 bits per heavy atom. The van der Waals surface area contributed by atoms with Crippen molar-refractivity contribution in [3.8, 4) is 0 Å². The highest BCUT2D eigenvalue weighted by molar-refractivity contribution is 5.95. The molecule has 0 aliphatic rings. The van der Waals surface area contributed by atoms with Gasteiger partial charge in [-0.15, -0.1) is 5.10 Å². The summed E-state index contributed by atoms with van der Waals surface area (Å²) in [6.07, 6.45) is 3.13. The molecule has 8 heteroatoms. The lowest BCUT2D eigenvalue weighted by Crippen LogP contribution is -2.15. The zero-order valence-corrected chi connectivity index (χ0v) is 8.22. The zero-order valence-electron chi connectivity index (χ0n) is 8.22. The number of aromatic nitrogens is 5. The number of oxime groups is 1. The van der Waals surface area contributed by atoms with E-state index >= 15 is 0 Å². The molecule has 16 heavy (non-hydrogen) atoms. The Balaban J connectivity index is 2.14. The van der Waals surface area contributed by atoms with E-state index in [1.807, 2.05) is 6.07 Å². The summed E-state index contributed by atoms with van der Waals surface area (Å²) in [5, 5.41) is 22.1. The summed E-state index contributed by atoms with van der Waals surface area (Å²) >= 11 is 0. The number of nitrogens with zero attached hydrogens (tertiary/aromatic N) is 6. The van der Waals surface area contributed by atoms with Gasteiger partial charge in [-0.25, -0.2) is 4.68 Å². The van der Waals surface area contributed by atoms with Crippen LogP contribution in [-0.2, 0) is 6.54 Å². The van der Waals surface area contributed by atoms with E-state index in [4.69, 9.17) is 10.9 Å². The summed E-state index contributed by atoms with van der Waals surface area (Å²) in [5.41, 5.74) is 6.72. The summed E-state index contributed by atoms with van der Waals surface area (Å²) in [4.78, 5) is 4.03. The Kier molecular flexibility index (Phi) is 2.72. The van der Waals surface area contributed by atoms with E-state index in [-0.39, 0.29) is 5.84 Å². The fourth-order valence-electron chi connectivity index (χ4n) is 1.16. The van der Waals surface area contributed by atoms with Gasteiger partial charge in [0.05, 0.1) is 6.54 Å². The Labute approximate surface area is 90.4 Å². The largest absolute Gasteiger partial charge is 0.409 e. The van der Waals surface area contributed by atoms with Gasteiger partial charge in [0.2, 0.25) is 0 Å². The molecule has 0 unspecified atom stereocenters. The summed E-state index contributed by atoms with van der Waals surface area (Å²) in [7, 11) is 0. The maximum atomic E-state index is 8.46. The molecule has 82 valence electrons. The molecule has 8 nitrogen and oxygen atoms in total. The second kappa shape index (κ2) is 4.34. The lowest BCUT2D eigenvalue weighted by Gasteiger charge is -2.01. The third-order valence-electron chi connectivity index (χ3n) is 1.93. The Morgan fingerprint density at radius 1 is 1.50 bits per heavy atom. The van der Waals surface area contributed by atoms with E-state index in [9.17, 15) is 0 Å². The third-order valence-corrected chi connectivity index (χ3v) is 1.93. The van der Waals surface area contributed by atoms with E-state index in [2.05, 4.69) is 25.7 Å². The zero-order chi connectivity index (χ0) is 11.4. The molecule has 0 aliphatic heterocycles. The van der Waals surface area contributed by atoms with E-state index in [0.29, 0.717) is 12.2 Å². The maximum absolute atomic E-state index is 8.46. The molecule has 0 fully saturated rings. The van der Waals surface area contributed by atoms with Crippen LogP contribution in [0.15, 0.2) is 29.8 Å². The molecule has 0 saturated carbocycles. The Bertz CT molecular complexity index is 476. The van der Waals surface area contributed by atoms with Crippen molar-refractivity contribution in [1.82, 2.24) is 25.2 Å². The van der Waals surface area contributed by atoms with Crippen LogP contribution in [-0.4, -0.2) is 36.2 Å². The molecule has 2 aromatic heterocycles. The topological polar surface area (TPSA) is 115 Å². The standard InChI is InChI=1S/C8H9N7O/c9-8(12-16)7-2-1-6(3-10-7)4-15-5-11-13-14-15/h1-3,5,16H,4H2,(H2,9,12). The molecule has 2 aromatic rings. The van der Waals surface area contributed by atoms with Crippen LogP contribution in [0.5, 0.6) is 0 Å². The number of hydrogen-bond acceptors (Lipinski definition) is 6. The number of pyridine rings is 1. The first-order chi connectivity index (χ1) is 7.79. The molecule has 2 rings (SSSR count). The second-order valence-corrected chi connectivity index (χ2v) is 3.04. The minimum absolute atomic E-state index is 0.0195. The Hall–Kier alpha value is -2.51. The van der Waals surface area contributed by atoms with Gasteiger partial charge >= 0.3 is 0 Å². The average Bonchev–Trinajstić information content (AvgIpc) is 2.82. The quantitative estimate of drug-likeness (QED) is 0.302. The molecule has 0 aromatic carbocycles. The van der Waals surface area contributed by atoms with Crippen LogP contribution in [0, 0.1) is 0 Å². The highest BCUT2D eigenvalue weighted by Gasteiger charge is 2.01. The molecule has 0 bridgehead atoms. The van der Waals surface area contributed by atoms with Gasteiger partial charge in [0.15, 0.2) is 5.84 Å². The third kappa shape index (κ3) is 2.11. The van der Waals surface area contributed by atoms with Crippen LogP contribution in [0.2, 0.25) is 0 Å².